The second-order valence-corrected chi connectivity index (χ2v) is 10.5. The van der Waals surface area contributed by atoms with Crippen molar-refractivity contribution in [3.05, 3.63) is 129 Å². The number of nitrogens with zero attached hydrogens (tertiary/aromatic N) is 4. The van der Waals surface area contributed by atoms with E-state index in [1.165, 1.54) is 48.1 Å². The van der Waals surface area contributed by atoms with Crippen molar-refractivity contribution in [2.45, 2.75) is 19.9 Å². The highest BCUT2D eigenvalue weighted by Crippen LogP contribution is 2.38. The van der Waals surface area contributed by atoms with Gasteiger partial charge in [-0.25, -0.2) is 14.2 Å². The van der Waals surface area contributed by atoms with E-state index in [0.717, 1.165) is 29.5 Å². The molecule has 0 unspecified atom stereocenters. The molecule has 0 N–H and O–H groups in total. The van der Waals surface area contributed by atoms with Gasteiger partial charge in [-0.3, -0.25) is 29.6 Å². The van der Waals surface area contributed by atoms with Crippen LogP contribution in [-0.2, 0) is 9.53 Å². The number of carbonyl (C=O) groups excluding carboxylic acids is 1. The van der Waals surface area contributed by atoms with Gasteiger partial charge < -0.3 is 14.2 Å². The first-order valence-corrected chi connectivity index (χ1v) is 14.1. The van der Waals surface area contributed by atoms with E-state index >= 15 is 0 Å². The van der Waals surface area contributed by atoms with Gasteiger partial charge in [-0.15, -0.1) is 0 Å². The predicted molar refractivity (Wildman–Crippen MR) is 160 cm³/mol. The van der Waals surface area contributed by atoms with Gasteiger partial charge >= 0.3 is 11.7 Å². The molecule has 3 aromatic carbocycles. The molecule has 0 saturated heterocycles. The molecule has 5 rings (SSSR count). The summed E-state index contributed by atoms with van der Waals surface area (Å²) in [7, 11) is 1.35. The number of ether oxygens (including phenoxy) is 3. The van der Waals surface area contributed by atoms with Crippen LogP contribution in [0.5, 0.6) is 17.2 Å². The van der Waals surface area contributed by atoms with Gasteiger partial charge in [0.1, 0.15) is 5.82 Å². The molecule has 13 nitrogen and oxygen atoms in total. The largest absolute Gasteiger partial charge is 0.493 e. The van der Waals surface area contributed by atoms with Gasteiger partial charge in [-0.05, 0) is 61.4 Å². The van der Waals surface area contributed by atoms with Crippen LogP contribution in [-0.4, -0.2) is 34.1 Å². The molecule has 0 saturated carbocycles. The minimum atomic E-state index is -0.911. The first kappa shape index (κ1) is 30.7. The highest BCUT2D eigenvalue weighted by Gasteiger charge is 2.33. The van der Waals surface area contributed by atoms with Gasteiger partial charge in [-0.2, -0.15) is 0 Å². The summed E-state index contributed by atoms with van der Waals surface area (Å²) >= 11 is 1.08. The highest BCUT2D eigenvalue weighted by molar-refractivity contribution is 7.07. The Morgan fingerprint density at radius 3 is 2.40 bits per heavy atom. The van der Waals surface area contributed by atoms with E-state index in [-0.39, 0.29) is 34.0 Å². The number of aromatic nitrogens is 1. The number of benzene rings is 3. The number of esters is 1. The molecule has 0 aliphatic carbocycles. The zero-order valence-corrected chi connectivity index (χ0v) is 24.7. The molecule has 45 heavy (non-hydrogen) atoms. The van der Waals surface area contributed by atoms with Crippen molar-refractivity contribution in [2.75, 3.05) is 13.7 Å². The Bertz CT molecular complexity index is 2070. The van der Waals surface area contributed by atoms with Crippen molar-refractivity contribution in [3.8, 4) is 17.2 Å². The van der Waals surface area contributed by atoms with Gasteiger partial charge in [0.05, 0.1) is 51.5 Å². The zero-order valence-electron chi connectivity index (χ0n) is 23.9. The average Bonchev–Trinajstić information content (AvgIpc) is 3.31. The van der Waals surface area contributed by atoms with E-state index < -0.39 is 44.6 Å². The molecule has 1 atom stereocenters. The molecule has 2 heterocycles. The molecular weight excluding hydrogens is 611 g/mol. The fourth-order valence-electron chi connectivity index (χ4n) is 4.73. The number of allylic oxidation sites excluding steroid dienone is 1. The topological polar surface area (TPSA) is 165 Å². The first-order chi connectivity index (χ1) is 21.5. The van der Waals surface area contributed by atoms with Crippen LogP contribution in [0.4, 0.5) is 15.8 Å². The summed E-state index contributed by atoms with van der Waals surface area (Å²) in [4.78, 5) is 52.7. The summed E-state index contributed by atoms with van der Waals surface area (Å²) in [5, 5.41) is 22.6. The summed E-state index contributed by atoms with van der Waals surface area (Å²) in [6.45, 7) is 3.40. The second kappa shape index (κ2) is 12.5. The maximum atomic E-state index is 13.8. The van der Waals surface area contributed by atoms with Crippen molar-refractivity contribution in [2.24, 2.45) is 4.99 Å². The van der Waals surface area contributed by atoms with E-state index in [9.17, 15) is 34.2 Å². The molecule has 4 aromatic rings. The van der Waals surface area contributed by atoms with Crippen LogP contribution < -0.4 is 24.4 Å². The fraction of sp³-hybridized carbons (Fsp3) is 0.167. The number of methoxy groups -OCH3 is 1. The monoisotopic (exact) mass is 634 g/mol. The van der Waals surface area contributed by atoms with Gasteiger partial charge in [-0.1, -0.05) is 29.5 Å². The van der Waals surface area contributed by atoms with Crippen LogP contribution >= 0.6 is 11.3 Å². The third kappa shape index (κ3) is 6.05. The number of carbonyl (C=O) groups is 1. The maximum absolute atomic E-state index is 13.8. The van der Waals surface area contributed by atoms with E-state index in [2.05, 4.69) is 4.99 Å². The van der Waals surface area contributed by atoms with Crippen molar-refractivity contribution in [3.63, 3.8) is 0 Å². The Kier molecular flexibility index (Phi) is 8.54. The standard InChI is InChI=1S/C30H23FN4O9S/c1-4-43-29(37)26-16(2)32-30-33(27(26)18-6-8-19(31)9-7-18)28(36)25(45-30)14-17-5-11-23(24(13-17)42-3)44-22-12-10-20(34(38)39)15-21(22)35(40)41/h5-15,27H,4H2,1-3H3/b25-14-/t27-/m0/s1. The SMILES string of the molecule is CCOC(=O)C1=C(C)N=c2s/c(=C\c3ccc(Oc4ccc([N+](=O)[O-])cc4[N+](=O)[O-])c(OC)c3)c(=O)n2[C@H]1c1ccc(F)cc1. The quantitative estimate of drug-likeness (QED) is 0.146. The highest BCUT2D eigenvalue weighted by atomic mass is 32.1. The number of hydrogen-bond acceptors (Lipinski definition) is 11. The number of hydrogen-bond donors (Lipinski definition) is 0. The van der Waals surface area contributed by atoms with E-state index in [0.29, 0.717) is 21.6 Å². The first-order valence-electron chi connectivity index (χ1n) is 13.3. The number of non-ortho nitro benzene ring substituents is 1. The smallest absolute Gasteiger partial charge is 0.338 e. The minimum absolute atomic E-state index is 0.0825. The Morgan fingerprint density at radius 1 is 1.04 bits per heavy atom. The molecule has 1 aliphatic rings. The molecule has 1 aromatic heterocycles. The summed E-state index contributed by atoms with van der Waals surface area (Å²) in [6.07, 6.45) is 1.58. The molecular formula is C30H23FN4O9S. The van der Waals surface area contributed by atoms with E-state index in [4.69, 9.17) is 14.2 Å². The molecule has 0 radical (unpaired) electrons. The van der Waals surface area contributed by atoms with E-state index in [1.807, 2.05) is 0 Å². The Balaban J connectivity index is 1.57. The molecule has 0 spiro atoms. The minimum Gasteiger partial charge on any atom is -0.493 e. The van der Waals surface area contributed by atoms with Gasteiger partial charge in [0, 0.05) is 6.07 Å². The summed E-state index contributed by atoms with van der Waals surface area (Å²) < 4.78 is 31.8. The normalized spacial score (nSPS) is 14.4. The fourth-order valence-corrected chi connectivity index (χ4v) is 5.78. The van der Waals surface area contributed by atoms with Gasteiger partial charge in [0.15, 0.2) is 16.3 Å². The number of halogens is 1. The molecule has 0 bridgehead atoms. The van der Waals surface area contributed by atoms with Crippen molar-refractivity contribution in [1.29, 1.82) is 0 Å². The number of rotatable bonds is 9. The van der Waals surface area contributed by atoms with Crippen molar-refractivity contribution >= 4 is 34.8 Å². The summed E-state index contributed by atoms with van der Waals surface area (Å²) in [5.74, 6) is -1.11. The third-order valence-corrected chi connectivity index (χ3v) is 7.74. The van der Waals surface area contributed by atoms with E-state index in [1.54, 1.807) is 26.0 Å². The lowest BCUT2D eigenvalue weighted by molar-refractivity contribution is -0.394. The number of thiazole rings is 1. The molecule has 0 amide bonds. The second-order valence-electron chi connectivity index (χ2n) is 9.53. The zero-order chi connectivity index (χ0) is 32.4. The Morgan fingerprint density at radius 2 is 1.76 bits per heavy atom. The molecule has 0 fully saturated rings. The summed E-state index contributed by atoms with van der Waals surface area (Å²) in [5.41, 5.74) is -0.0193. The summed E-state index contributed by atoms with van der Waals surface area (Å²) in [6, 6.07) is 12.1. The lowest BCUT2D eigenvalue weighted by atomic mass is 9.96. The van der Waals surface area contributed by atoms with Crippen LogP contribution in [0.15, 0.2) is 81.7 Å². The van der Waals surface area contributed by atoms with Crippen LogP contribution in [0.3, 0.4) is 0 Å². The number of nitro benzene ring substituents is 2. The van der Waals surface area contributed by atoms with Crippen molar-refractivity contribution < 1.29 is 33.2 Å². The van der Waals surface area contributed by atoms with Crippen LogP contribution in [0, 0.1) is 26.0 Å². The molecule has 230 valence electrons. The van der Waals surface area contributed by atoms with Gasteiger partial charge in [0.25, 0.3) is 11.2 Å². The Hall–Kier alpha value is -5.70. The lowest BCUT2D eigenvalue weighted by Crippen LogP contribution is -2.39. The lowest BCUT2D eigenvalue weighted by Gasteiger charge is -2.24. The molecule has 15 heteroatoms. The van der Waals surface area contributed by atoms with Crippen LogP contribution in [0.1, 0.15) is 31.0 Å². The number of fused-ring (bicyclic) bond motifs is 1. The number of nitro groups is 2. The average molecular weight is 635 g/mol. The maximum Gasteiger partial charge on any atom is 0.338 e. The van der Waals surface area contributed by atoms with Crippen LogP contribution in [0.25, 0.3) is 6.08 Å². The predicted octanol–water partition coefficient (Wildman–Crippen LogP) is 4.55. The molecule has 1 aliphatic heterocycles. The Labute approximate surface area is 257 Å². The van der Waals surface area contributed by atoms with Gasteiger partial charge in [0.2, 0.25) is 5.75 Å². The van der Waals surface area contributed by atoms with Crippen LogP contribution in [0.2, 0.25) is 0 Å². The van der Waals surface area contributed by atoms with Crippen molar-refractivity contribution in [1.82, 2.24) is 4.57 Å². The third-order valence-electron chi connectivity index (χ3n) is 6.76.